The number of methoxy groups -OCH3 is 1. The van der Waals surface area contributed by atoms with Crippen LogP contribution < -0.4 is 5.32 Å². The fraction of sp³-hybridized carbons (Fsp3) is 0.231. The summed E-state index contributed by atoms with van der Waals surface area (Å²) in [6, 6.07) is 4.58. The molecule has 0 aliphatic carbocycles. The molecule has 0 saturated carbocycles. The number of amides is 1. The minimum atomic E-state index is -5.04. The zero-order chi connectivity index (χ0) is 17.9. The van der Waals surface area contributed by atoms with Crippen molar-refractivity contribution in [1.82, 2.24) is 20.3 Å². The molecule has 0 aliphatic rings. The van der Waals surface area contributed by atoms with E-state index in [4.69, 9.17) is 0 Å². The van der Waals surface area contributed by atoms with E-state index in [0.717, 1.165) is 19.2 Å². The number of carbonyl (C=O) groups is 2. The van der Waals surface area contributed by atoms with Crippen molar-refractivity contribution in [3.63, 3.8) is 0 Å². The third-order valence-corrected chi connectivity index (χ3v) is 2.86. The van der Waals surface area contributed by atoms with Crippen LogP contribution in [0.2, 0.25) is 0 Å². The smallest absolute Gasteiger partial charge is 0.435 e. The lowest BCUT2D eigenvalue weighted by Crippen LogP contribution is -2.32. The molecule has 7 nitrogen and oxygen atoms in total. The van der Waals surface area contributed by atoms with Crippen LogP contribution in [0, 0.1) is 5.82 Å². The van der Waals surface area contributed by atoms with E-state index in [9.17, 15) is 27.2 Å². The van der Waals surface area contributed by atoms with Gasteiger partial charge in [-0.15, -0.1) is 5.10 Å². The third kappa shape index (κ3) is 3.50. The summed E-state index contributed by atoms with van der Waals surface area (Å²) < 4.78 is 58.0. The van der Waals surface area contributed by atoms with Crippen LogP contribution in [0.5, 0.6) is 0 Å². The molecule has 0 saturated heterocycles. The second kappa shape index (κ2) is 6.64. The molecule has 1 heterocycles. The Morgan fingerprint density at radius 3 is 2.54 bits per heavy atom. The lowest BCUT2D eigenvalue weighted by atomic mass is 10.2. The van der Waals surface area contributed by atoms with Crippen LogP contribution in [0.15, 0.2) is 24.3 Å². The Labute approximate surface area is 132 Å². The van der Waals surface area contributed by atoms with Crippen LogP contribution >= 0.6 is 0 Å². The van der Waals surface area contributed by atoms with Crippen LogP contribution in [0.25, 0.3) is 5.69 Å². The number of rotatable bonds is 4. The zero-order valence-corrected chi connectivity index (χ0v) is 12.1. The normalized spacial score (nSPS) is 11.2. The monoisotopic (exact) mass is 346 g/mol. The molecule has 24 heavy (non-hydrogen) atoms. The van der Waals surface area contributed by atoms with E-state index in [-0.39, 0.29) is 4.68 Å². The molecule has 11 heteroatoms. The van der Waals surface area contributed by atoms with Crippen molar-refractivity contribution >= 4 is 11.9 Å². The predicted molar refractivity (Wildman–Crippen MR) is 70.7 cm³/mol. The van der Waals surface area contributed by atoms with Crippen molar-refractivity contribution in [2.75, 3.05) is 13.7 Å². The number of nitrogens with one attached hydrogen (secondary N) is 1. The van der Waals surface area contributed by atoms with Crippen LogP contribution in [-0.2, 0) is 15.7 Å². The van der Waals surface area contributed by atoms with Crippen molar-refractivity contribution in [3.8, 4) is 5.69 Å². The first-order chi connectivity index (χ1) is 11.3. The van der Waals surface area contributed by atoms with Gasteiger partial charge in [0.25, 0.3) is 5.91 Å². The first-order valence-electron chi connectivity index (χ1n) is 6.38. The third-order valence-electron chi connectivity index (χ3n) is 2.86. The minimum Gasteiger partial charge on any atom is -0.468 e. The summed E-state index contributed by atoms with van der Waals surface area (Å²) in [4.78, 5) is 22.8. The molecule has 2 aromatic rings. The average Bonchev–Trinajstić information content (AvgIpc) is 2.97. The van der Waals surface area contributed by atoms with Gasteiger partial charge in [-0.1, -0.05) is 17.3 Å². The molecule has 0 radical (unpaired) electrons. The van der Waals surface area contributed by atoms with Crippen LogP contribution in [0.4, 0.5) is 17.6 Å². The SMILES string of the molecule is COC(=O)CNC(=O)c1nnn(-c2ccccc2F)c1C(F)(F)F. The van der Waals surface area contributed by atoms with Gasteiger partial charge in [-0.05, 0) is 12.1 Å². The summed E-state index contributed by atoms with van der Waals surface area (Å²) in [6.07, 6.45) is -5.04. The average molecular weight is 346 g/mol. The van der Waals surface area contributed by atoms with Gasteiger partial charge in [-0.25, -0.2) is 9.07 Å². The summed E-state index contributed by atoms with van der Waals surface area (Å²) in [7, 11) is 1.05. The van der Waals surface area contributed by atoms with Gasteiger partial charge in [0.05, 0.1) is 7.11 Å². The number of halogens is 4. The van der Waals surface area contributed by atoms with E-state index in [1.807, 2.05) is 5.32 Å². The molecule has 0 fully saturated rings. The molecule has 0 bridgehead atoms. The topological polar surface area (TPSA) is 86.1 Å². The summed E-state index contributed by atoms with van der Waals surface area (Å²) >= 11 is 0. The Balaban J connectivity index is 2.46. The van der Waals surface area contributed by atoms with E-state index in [1.165, 1.54) is 12.1 Å². The van der Waals surface area contributed by atoms with Crippen molar-refractivity contribution < 1.29 is 31.9 Å². The first kappa shape index (κ1) is 17.4. The van der Waals surface area contributed by atoms with E-state index in [2.05, 4.69) is 15.0 Å². The van der Waals surface area contributed by atoms with Crippen molar-refractivity contribution in [3.05, 3.63) is 41.5 Å². The molecule has 2 rings (SSSR count). The largest absolute Gasteiger partial charge is 0.468 e. The molecule has 1 aromatic carbocycles. The van der Waals surface area contributed by atoms with Gasteiger partial charge in [0.15, 0.2) is 11.4 Å². The quantitative estimate of drug-likeness (QED) is 0.667. The number of hydrogen-bond donors (Lipinski definition) is 1. The molecule has 1 N–H and O–H groups in total. The Morgan fingerprint density at radius 2 is 1.96 bits per heavy atom. The second-order valence-corrected chi connectivity index (χ2v) is 4.41. The number of benzene rings is 1. The number of hydrogen-bond acceptors (Lipinski definition) is 5. The number of aromatic nitrogens is 3. The van der Waals surface area contributed by atoms with Crippen LogP contribution in [0.1, 0.15) is 16.2 Å². The highest BCUT2D eigenvalue weighted by Gasteiger charge is 2.42. The zero-order valence-electron chi connectivity index (χ0n) is 12.1. The number of para-hydroxylation sites is 1. The second-order valence-electron chi connectivity index (χ2n) is 4.41. The Hall–Kier alpha value is -2.98. The summed E-state index contributed by atoms with van der Waals surface area (Å²) in [5.74, 6) is -3.14. The summed E-state index contributed by atoms with van der Waals surface area (Å²) in [5, 5.41) is 8.30. The van der Waals surface area contributed by atoms with Gasteiger partial charge in [0, 0.05) is 0 Å². The molecule has 1 amide bonds. The molecule has 0 atom stereocenters. The predicted octanol–water partition coefficient (Wildman–Crippen LogP) is 1.33. The number of alkyl halides is 3. The van der Waals surface area contributed by atoms with Gasteiger partial charge >= 0.3 is 12.1 Å². The Kier molecular flexibility index (Phi) is 4.81. The minimum absolute atomic E-state index is 0.183. The number of ether oxygens (including phenoxy) is 1. The van der Waals surface area contributed by atoms with Gasteiger partial charge in [0.1, 0.15) is 18.0 Å². The van der Waals surface area contributed by atoms with Gasteiger partial charge in [-0.2, -0.15) is 13.2 Å². The number of nitrogens with zero attached hydrogens (tertiary/aromatic N) is 3. The fourth-order valence-corrected chi connectivity index (χ4v) is 1.79. The Bertz CT molecular complexity index is 773. The standard InChI is InChI=1S/C13H10F4N4O3/c1-24-9(22)6-18-12(23)10-11(13(15,16)17)21(20-19-10)8-5-3-2-4-7(8)14/h2-5H,6H2,1H3,(H,18,23). The lowest BCUT2D eigenvalue weighted by molar-refractivity contribution is -0.143. The highest BCUT2D eigenvalue weighted by Crippen LogP contribution is 2.33. The van der Waals surface area contributed by atoms with E-state index >= 15 is 0 Å². The van der Waals surface area contributed by atoms with E-state index < -0.39 is 47.5 Å². The number of carbonyl (C=O) groups excluding carboxylic acids is 2. The lowest BCUT2D eigenvalue weighted by Gasteiger charge is -2.11. The van der Waals surface area contributed by atoms with Crippen molar-refractivity contribution in [1.29, 1.82) is 0 Å². The highest BCUT2D eigenvalue weighted by atomic mass is 19.4. The first-order valence-corrected chi connectivity index (χ1v) is 6.38. The number of esters is 1. The summed E-state index contributed by atoms with van der Waals surface area (Å²) in [5.41, 5.74) is -3.17. The van der Waals surface area contributed by atoms with E-state index in [0.29, 0.717) is 0 Å². The molecule has 1 aromatic heterocycles. The molecule has 0 unspecified atom stereocenters. The van der Waals surface area contributed by atoms with Gasteiger partial charge in [0.2, 0.25) is 0 Å². The van der Waals surface area contributed by atoms with Crippen LogP contribution in [0.3, 0.4) is 0 Å². The maximum atomic E-state index is 13.7. The molecule has 0 spiro atoms. The molecular weight excluding hydrogens is 336 g/mol. The highest BCUT2D eigenvalue weighted by molar-refractivity contribution is 5.95. The maximum absolute atomic E-state index is 13.7. The Morgan fingerprint density at radius 1 is 1.29 bits per heavy atom. The van der Waals surface area contributed by atoms with Crippen molar-refractivity contribution in [2.24, 2.45) is 0 Å². The molecule has 128 valence electrons. The maximum Gasteiger partial charge on any atom is 0.435 e. The molecule has 0 aliphatic heterocycles. The molecular formula is C13H10F4N4O3. The summed E-state index contributed by atoms with van der Waals surface area (Å²) in [6.45, 7) is -0.654. The van der Waals surface area contributed by atoms with Crippen molar-refractivity contribution in [2.45, 2.75) is 6.18 Å². The van der Waals surface area contributed by atoms with E-state index in [1.54, 1.807) is 0 Å². The fourth-order valence-electron chi connectivity index (χ4n) is 1.79. The van der Waals surface area contributed by atoms with Crippen LogP contribution in [-0.4, -0.2) is 40.5 Å². The van der Waals surface area contributed by atoms with Gasteiger partial charge < -0.3 is 10.1 Å². The van der Waals surface area contributed by atoms with Gasteiger partial charge in [-0.3, -0.25) is 9.59 Å².